The molecule has 7 heteroatoms. The second-order valence-electron chi connectivity index (χ2n) is 6.65. The molecule has 1 N–H and O–H groups in total. The molecule has 2 rings (SSSR count). The van der Waals surface area contributed by atoms with Gasteiger partial charge in [-0.15, -0.1) is 11.7 Å². The summed E-state index contributed by atoms with van der Waals surface area (Å²) in [4.78, 5) is 26.1. The molecule has 1 fully saturated rings. The van der Waals surface area contributed by atoms with Crippen LogP contribution in [0.3, 0.4) is 0 Å². The molecule has 1 atom stereocenters. The highest BCUT2D eigenvalue weighted by atomic mass is 16.2. The Morgan fingerprint density at radius 1 is 1.50 bits per heavy atom. The fourth-order valence-corrected chi connectivity index (χ4v) is 2.73. The van der Waals surface area contributed by atoms with Gasteiger partial charge in [-0.25, -0.2) is 4.68 Å². The van der Waals surface area contributed by atoms with E-state index in [1.807, 2.05) is 18.7 Å². The van der Waals surface area contributed by atoms with Crippen LogP contribution >= 0.6 is 0 Å². The van der Waals surface area contributed by atoms with Crippen molar-refractivity contribution in [2.45, 2.75) is 45.6 Å². The molecule has 2 amide bonds. The smallest absolute Gasteiger partial charge is 0.273 e. The Hall–Kier alpha value is -2.18. The zero-order valence-electron chi connectivity index (χ0n) is 14.6. The van der Waals surface area contributed by atoms with E-state index in [-0.39, 0.29) is 17.9 Å². The van der Waals surface area contributed by atoms with Gasteiger partial charge in [-0.05, 0) is 25.2 Å². The van der Waals surface area contributed by atoms with E-state index < -0.39 is 0 Å². The zero-order valence-corrected chi connectivity index (χ0v) is 14.6. The van der Waals surface area contributed by atoms with Crippen LogP contribution in [0.25, 0.3) is 0 Å². The number of rotatable bonds is 7. The van der Waals surface area contributed by atoms with Crippen molar-refractivity contribution in [1.29, 1.82) is 0 Å². The highest BCUT2D eigenvalue weighted by Crippen LogP contribution is 2.21. The number of likely N-dealkylation sites (tertiary alicyclic amines) is 1. The van der Waals surface area contributed by atoms with Crippen molar-refractivity contribution in [2.24, 2.45) is 5.92 Å². The number of aromatic nitrogens is 3. The number of nitrogens with one attached hydrogen (secondary N) is 1. The first-order valence-electron chi connectivity index (χ1n) is 8.60. The summed E-state index contributed by atoms with van der Waals surface area (Å²) < 4.78 is 1.72. The van der Waals surface area contributed by atoms with E-state index in [0.29, 0.717) is 37.5 Å². The molecule has 1 saturated heterocycles. The zero-order chi connectivity index (χ0) is 17.5. The van der Waals surface area contributed by atoms with E-state index in [2.05, 4.69) is 22.2 Å². The number of carbonyl (C=O) groups excluding carboxylic acids is 2. The quantitative estimate of drug-likeness (QED) is 0.772. The minimum Gasteiger partial charge on any atom is -0.350 e. The van der Waals surface area contributed by atoms with E-state index in [0.717, 1.165) is 19.4 Å². The van der Waals surface area contributed by atoms with Crippen LogP contribution in [0, 0.1) is 5.92 Å². The van der Waals surface area contributed by atoms with Gasteiger partial charge in [0, 0.05) is 26.1 Å². The largest absolute Gasteiger partial charge is 0.350 e. The summed E-state index contributed by atoms with van der Waals surface area (Å²) in [6.07, 6.45) is 6.50. The van der Waals surface area contributed by atoms with Gasteiger partial charge in [0.1, 0.15) is 0 Å². The molecule has 0 bridgehead atoms. The Kier molecular flexibility index (Phi) is 6.52. The lowest BCUT2D eigenvalue weighted by molar-refractivity contribution is -0.132. The fourth-order valence-electron chi connectivity index (χ4n) is 2.73. The first kappa shape index (κ1) is 18.2. The van der Waals surface area contributed by atoms with Gasteiger partial charge >= 0.3 is 0 Å². The predicted molar refractivity (Wildman–Crippen MR) is 91.5 cm³/mol. The van der Waals surface area contributed by atoms with Crippen molar-refractivity contribution in [3.63, 3.8) is 0 Å². The molecule has 0 saturated carbocycles. The minimum absolute atomic E-state index is 0.0746. The van der Waals surface area contributed by atoms with Gasteiger partial charge in [-0.3, -0.25) is 9.59 Å². The Labute approximate surface area is 143 Å². The lowest BCUT2D eigenvalue weighted by Crippen LogP contribution is -2.40. The van der Waals surface area contributed by atoms with Crippen molar-refractivity contribution in [3.05, 3.63) is 24.5 Å². The molecule has 1 aliphatic heterocycles. The minimum atomic E-state index is -0.204. The molecule has 1 aliphatic rings. The molecule has 0 aliphatic carbocycles. The third kappa shape index (κ3) is 4.91. The van der Waals surface area contributed by atoms with Crippen LogP contribution in [0.1, 0.15) is 56.1 Å². The third-order valence-corrected chi connectivity index (χ3v) is 4.10. The maximum Gasteiger partial charge on any atom is 0.273 e. The second-order valence-corrected chi connectivity index (χ2v) is 6.65. The van der Waals surface area contributed by atoms with Crippen LogP contribution < -0.4 is 5.32 Å². The maximum atomic E-state index is 12.2. The number of piperidine rings is 1. The van der Waals surface area contributed by atoms with Gasteiger partial charge in [0.25, 0.3) is 5.91 Å². The summed E-state index contributed by atoms with van der Waals surface area (Å²) in [6, 6.07) is 0.0746. The van der Waals surface area contributed by atoms with Gasteiger partial charge in [0.15, 0.2) is 5.69 Å². The first-order chi connectivity index (χ1) is 11.5. The number of carbonyl (C=O) groups is 2. The lowest BCUT2D eigenvalue weighted by Gasteiger charge is -2.32. The number of nitrogens with zero attached hydrogens (tertiary/aromatic N) is 4. The SMILES string of the molecule is C=CCCC(=O)N1CCCC(n2cc(C(=O)NCC(C)C)nn2)C1. The fraction of sp³-hybridized carbons (Fsp3) is 0.647. The molecular weight excluding hydrogens is 306 g/mol. The number of allylic oxidation sites excluding steroid dienone is 1. The first-order valence-corrected chi connectivity index (χ1v) is 8.60. The molecule has 1 unspecified atom stereocenters. The van der Waals surface area contributed by atoms with Crippen LogP contribution in [0.2, 0.25) is 0 Å². The van der Waals surface area contributed by atoms with Crippen molar-refractivity contribution in [3.8, 4) is 0 Å². The molecule has 132 valence electrons. The average molecular weight is 333 g/mol. The summed E-state index contributed by atoms with van der Waals surface area (Å²) in [6.45, 7) is 9.74. The highest BCUT2D eigenvalue weighted by molar-refractivity contribution is 5.91. The van der Waals surface area contributed by atoms with Crippen LogP contribution in [-0.2, 0) is 4.79 Å². The molecular formula is C17H27N5O2. The van der Waals surface area contributed by atoms with Gasteiger partial charge < -0.3 is 10.2 Å². The number of hydrogen-bond donors (Lipinski definition) is 1. The molecule has 1 aromatic rings. The van der Waals surface area contributed by atoms with Gasteiger partial charge in [0.2, 0.25) is 5.91 Å². The van der Waals surface area contributed by atoms with Crippen LogP contribution in [0.4, 0.5) is 0 Å². The third-order valence-electron chi connectivity index (χ3n) is 4.10. The molecule has 2 heterocycles. The Morgan fingerprint density at radius 3 is 3.00 bits per heavy atom. The standard InChI is InChI=1S/C17H27N5O2/c1-4-5-8-16(23)21-9-6-7-14(11-21)22-12-15(19-20-22)17(24)18-10-13(2)3/h4,12-14H,1,5-11H2,2-3H3,(H,18,24). The van der Waals surface area contributed by atoms with E-state index in [1.165, 1.54) is 0 Å². The highest BCUT2D eigenvalue weighted by Gasteiger charge is 2.25. The molecule has 0 aromatic carbocycles. The van der Waals surface area contributed by atoms with Crippen LogP contribution in [-0.4, -0.2) is 51.3 Å². The monoisotopic (exact) mass is 333 g/mol. The lowest BCUT2D eigenvalue weighted by atomic mass is 10.1. The van der Waals surface area contributed by atoms with Crippen molar-refractivity contribution in [2.75, 3.05) is 19.6 Å². The van der Waals surface area contributed by atoms with Gasteiger partial charge in [-0.1, -0.05) is 25.1 Å². The predicted octanol–water partition coefficient (Wildman–Crippen LogP) is 1.79. The maximum absolute atomic E-state index is 12.2. The molecule has 0 radical (unpaired) electrons. The van der Waals surface area contributed by atoms with E-state index in [9.17, 15) is 9.59 Å². The molecule has 24 heavy (non-hydrogen) atoms. The number of amides is 2. The summed E-state index contributed by atoms with van der Waals surface area (Å²) >= 11 is 0. The van der Waals surface area contributed by atoms with E-state index in [1.54, 1.807) is 17.0 Å². The normalized spacial score (nSPS) is 17.8. The molecule has 7 nitrogen and oxygen atoms in total. The molecule has 0 spiro atoms. The number of hydrogen-bond acceptors (Lipinski definition) is 4. The summed E-state index contributed by atoms with van der Waals surface area (Å²) in [5, 5.41) is 10.9. The second kappa shape index (κ2) is 8.61. The Balaban J connectivity index is 1.95. The van der Waals surface area contributed by atoms with Crippen LogP contribution in [0.5, 0.6) is 0 Å². The van der Waals surface area contributed by atoms with E-state index in [4.69, 9.17) is 0 Å². The van der Waals surface area contributed by atoms with Crippen LogP contribution in [0.15, 0.2) is 18.9 Å². The van der Waals surface area contributed by atoms with E-state index >= 15 is 0 Å². The average Bonchev–Trinajstić information content (AvgIpc) is 3.07. The topological polar surface area (TPSA) is 80.1 Å². The van der Waals surface area contributed by atoms with Gasteiger partial charge in [-0.2, -0.15) is 0 Å². The summed E-state index contributed by atoms with van der Waals surface area (Å²) in [5.74, 6) is 0.330. The van der Waals surface area contributed by atoms with Crippen molar-refractivity contribution >= 4 is 11.8 Å². The summed E-state index contributed by atoms with van der Waals surface area (Å²) in [7, 11) is 0. The van der Waals surface area contributed by atoms with Crippen molar-refractivity contribution in [1.82, 2.24) is 25.2 Å². The summed E-state index contributed by atoms with van der Waals surface area (Å²) in [5.41, 5.74) is 0.325. The van der Waals surface area contributed by atoms with Gasteiger partial charge in [0.05, 0.1) is 12.2 Å². The van der Waals surface area contributed by atoms with Crippen molar-refractivity contribution < 1.29 is 9.59 Å². The Morgan fingerprint density at radius 2 is 2.29 bits per heavy atom. The molecule has 1 aromatic heterocycles. The Bertz CT molecular complexity index is 581.